The van der Waals surface area contributed by atoms with E-state index in [1.54, 1.807) is 4.90 Å². The van der Waals surface area contributed by atoms with Crippen LogP contribution >= 0.6 is 0 Å². The summed E-state index contributed by atoms with van der Waals surface area (Å²) in [5.74, 6) is -0.543. The molecule has 0 bridgehead atoms. The van der Waals surface area contributed by atoms with Crippen LogP contribution in [0.1, 0.15) is 5.69 Å². The van der Waals surface area contributed by atoms with Gasteiger partial charge >= 0.3 is 6.18 Å². The number of hydrogen-bond acceptors (Lipinski definition) is 5. The fraction of sp³-hybridized carbons (Fsp3) is 0.385. The third-order valence-corrected chi connectivity index (χ3v) is 3.49. The van der Waals surface area contributed by atoms with E-state index in [9.17, 15) is 22.4 Å². The van der Waals surface area contributed by atoms with Gasteiger partial charge in [0, 0.05) is 25.1 Å². The molecule has 1 aliphatic rings. The molecule has 0 aliphatic carbocycles. The molecule has 0 unspecified atom stereocenters. The van der Waals surface area contributed by atoms with E-state index in [0.29, 0.717) is 19.2 Å². The Morgan fingerprint density at radius 1 is 1.26 bits per heavy atom. The highest BCUT2D eigenvalue weighted by molar-refractivity contribution is 5.41. The lowest BCUT2D eigenvalue weighted by Gasteiger charge is -2.40. The monoisotopic (exact) mass is 329 g/mol. The molecule has 122 valence electrons. The van der Waals surface area contributed by atoms with Gasteiger partial charge in [-0.15, -0.1) is 0 Å². The molecule has 0 spiro atoms. The maximum atomic E-state index is 13.5. The van der Waals surface area contributed by atoms with Crippen LogP contribution in [0, 0.1) is 11.7 Å². The van der Waals surface area contributed by atoms with Gasteiger partial charge in [-0.1, -0.05) is 0 Å². The Bertz CT molecular complexity index is 769. The van der Waals surface area contributed by atoms with Crippen molar-refractivity contribution in [3.63, 3.8) is 0 Å². The van der Waals surface area contributed by atoms with Gasteiger partial charge in [-0.05, 0) is 6.07 Å². The van der Waals surface area contributed by atoms with Gasteiger partial charge in [0.25, 0.3) is 5.56 Å². The molecule has 0 atom stereocenters. The number of alkyl halides is 3. The first kappa shape index (κ1) is 15.4. The molecule has 1 aliphatic heterocycles. The van der Waals surface area contributed by atoms with Crippen molar-refractivity contribution in [1.82, 2.24) is 19.7 Å². The van der Waals surface area contributed by atoms with Crippen molar-refractivity contribution < 1.29 is 17.6 Å². The van der Waals surface area contributed by atoms with Crippen LogP contribution in [0.3, 0.4) is 0 Å². The minimum atomic E-state index is -4.61. The Balaban J connectivity index is 1.69. The van der Waals surface area contributed by atoms with Crippen molar-refractivity contribution in [2.75, 3.05) is 18.0 Å². The minimum absolute atomic E-state index is 0.0337. The summed E-state index contributed by atoms with van der Waals surface area (Å²) < 4.78 is 52.2. The molecule has 0 N–H and O–H groups in total. The second kappa shape index (κ2) is 5.60. The molecule has 0 aromatic carbocycles. The largest absolute Gasteiger partial charge is 0.435 e. The highest BCUT2D eigenvalue weighted by Gasteiger charge is 2.34. The lowest BCUT2D eigenvalue weighted by Crippen LogP contribution is -2.50. The topological polar surface area (TPSA) is 63.9 Å². The minimum Gasteiger partial charge on any atom is -0.353 e. The molecule has 2 aromatic rings. The highest BCUT2D eigenvalue weighted by Crippen LogP contribution is 2.27. The predicted octanol–water partition coefficient (Wildman–Crippen LogP) is 1.33. The van der Waals surface area contributed by atoms with E-state index in [2.05, 4.69) is 15.1 Å². The molecule has 10 heteroatoms. The molecule has 0 saturated carbocycles. The Morgan fingerprint density at radius 2 is 2.00 bits per heavy atom. The third-order valence-electron chi connectivity index (χ3n) is 3.49. The van der Waals surface area contributed by atoms with E-state index < -0.39 is 23.2 Å². The van der Waals surface area contributed by atoms with Crippen molar-refractivity contribution in [1.29, 1.82) is 0 Å². The SMILES string of the molecule is O=c1ccc(C(F)(F)F)nn1CC1CN(c2ncncc2F)C1. The average Bonchev–Trinajstić information content (AvgIpc) is 2.44. The molecule has 0 radical (unpaired) electrons. The molecule has 23 heavy (non-hydrogen) atoms. The molecular formula is C13H11F4N5O. The van der Waals surface area contributed by atoms with E-state index >= 15 is 0 Å². The van der Waals surface area contributed by atoms with Crippen LogP contribution in [0.15, 0.2) is 29.5 Å². The number of nitrogens with zero attached hydrogens (tertiary/aromatic N) is 5. The van der Waals surface area contributed by atoms with Gasteiger partial charge in [0.15, 0.2) is 17.3 Å². The summed E-state index contributed by atoms with van der Waals surface area (Å²) in [5.41, 5.74) is -1.72. The molecule has 1 fully saturated rings. The van der Waals surface area contributed by atoms with E-state index in [1.807, 2.05) is 0 Å². The van der Waals surface area contributed by atoms with Crippen LogP contribution in [-0.4, -0.2) is 32.8 Å². The standard InChI is InChI=1S/C13H11F4N5O/c14-9-3-18-7-19-12(9)21-4-8(5-21)6-22-11(23)2-1-10(20-22)13(15,16)17/h1-3,7-8H,4-6H2. The normalized spacial score (nSPS) is 15.6. The Hall–Kier alpha value is -2.52. The number of rotatable bonds is 3. The van der Waals surface area contributed by atoms with Crippen LogP contribution in [-0.2, 0) is 12.7 Å². The molecule has 6 nitrogen and oxygen atoms in total. The summed E-state index contributed by atoms with van der Waals surface area (Å²) in [5, 5.41) is 3.34. The summed E-state index contributed by atoms with van der Waals surface area (Å²) in [7, 11) is 0. The maximum absolute atomic E-state index is 13.5. The van der Waals surface area contributed by atoms with Crippen molar-refractivity contribution in [2.45, 2.75) is 12.7 Å². The maximum Gasteiger partial charge on any atom is 0.435 e. The van der Waals surface area contributed by atoms with Crippen LogP contribution in [0.5, 0.6) is 0 Å². The Morgan fingerprint density at radius 3 is 2.65 bits per heavy atom. The zero-order valence-electron chi connectivity index (χ0n) is 11.7. The number of hydrogen-bond donors (Lipinski definition) is 0. The van der Waals surface area contributed by atoms with Gasteiger partial charge in [0.1, 0.15) is 6.33 Å². The Labute approximate surface area is 127 Å². The highest BCUT2D eigenvalue weighted by atomic mass is 19.4. The average molecular weight is 329 g/mol. The van der Waals surface area contributed by atoms with E-state index in [4.69, 9.17) is 0 Å². The van der Waals surface area contributed by atoms with Crippen molar-refractivity contribution >= 4 is 5.82 Å². The fourth-order valence-electron chi connectivity index (χ4n) is 2.37. The van der Waals surface area contributed by atoms with Crippen LogP contribution < -0.4 is 10.5 Å². The second-order valence-electron chi connectivity index (χ2n) is 5.20. The summed E-state index contributed by atoms with van der Waals surface area (Å²) in [4.78, 5) is 20.6. The Kier molecular flexibility index (Phi) is 3.74. The summed E-state index contributed by atoms with van der Waals surface area (Å²) in [6, 6.07) is 1.50. The second-order valence-corrected chi connectivity index (χ2v) is 5.20. The molecule has 0 amide bonds. The first-order valence-electron chi connectivity index (χ1n) is 6.70. The lowest BCUT2D eigenvalue weighted by molar-refractivity contribution is -0.142. The number of aromatic nitrogens is 4. The first-order chi connectivity index (χ1) is 10.8. The van der Waals surface area contributed by atoms with Gasteiger partial charge in [0.05, 0.1) is 12.7 Å². The van der Waals surface area contributed by atoms with Gasteiger partial charge in [-0.2, -0.15) is 18.3 Å². The number of anilines is 1. The van der Waals surface area contributed by atoms with Gasteiger partial charge < -0.3 is 4.90 Å². The quantitative estimate of drug-likeness (QED) is 0.795. The third kappa shape index (κ3) is 3.15. The van der Waals surface area contributed by atoms with E-state index in [-0.39, 0.29) is 18.3 Å². The number of halogens is 4. The molecular weight excluding hydrogens is 318 g/mol. The van der Waals surface area contributed by atoms with Gasteiger partial charge in [-0.3, -0.25) is 4.79 Å². The van der Waals surface area contributed by atoms with E-state index in [1.165, 1.54) is 6.33 Å². The van der Waals surface area contributed by atoms with Crippen LogP contribution in [0.4, 0.5) is 23.4 Å². The predicted molar refractivity (Wildman–Crippen MR) is 71.2 cm³/mol. The zero-order valence-corrected chi connectivity index (χ0v) is 11.7. The summed E-state index contributed by atoms with van der Waals surface area (Å²) >= 11 is 0. The smallest absolute Gasteiger partial charge is 0.353 e. The van der Waals surface area contributed by atoms with E-state index in [0.717, 1.165) is 16.9 Å². The summed E-state index contributed by atoms with van der Waals surface area (Å²) in [6.07, 6.45) is -2.36. The lowest BCUT2D eigenvalue weighted by atomic mass is 10.0. The molecule has 3 heterocycles. The molecule has 1 saturated heterocycles. The van der Waals surface area contributed by atoms with Gasteiger partial charge in [-0.25, -0.2) is 19.0 Å². The zero-order chi connectivity index (χ0) is 16.6. The summed E-state index contributed by atoms with van der Waals surface area (Å²) in [6.45, 7) is 0.780. The van der Waals surface area contributed by atoms with Crippen LogP contribution in [0.2, 0.25) is 0 Å². The van der Waals surface area contributed by atoms with Crippen LogP contribution in [0.25, 0.3) is 0 Å². The fourth-order valence-corrected chi connectivity index (χ4v) is 2.37. The van der Waals surface area contributed by atoms with Crippen molar-refractivity contribution in [3.05, 3.63) is 46.5 Å². The van der Waals surface area contributed by atoms with Crippen molar-refractivity contribution in [3.8, 4) is 0 Å². The van der Waals surface area contributed by atoms with Gasteiger partial charge in [0.2, 0.25) is 0 Å². The first-order valence-corrected chi connectivity index (χ1v) is 6.70. The van der Waals surface area contributed by atoms with Crippen molar-refractivity contribution in [2.24, 2.45) is 5.92 Å². The molecule has 2 aromatic heterocycles. The molecule has 3 rings (SSSR count).